The van der Waals surface area contributed by atoms with E-state index in [9.17, 15) is 14.4 Å². The fourth-order valence-corrected chi connectivity index (χ4v) is 3.24. The quantitative estimate of drug-likeness (QED) is 0.715. The highest BCUT2D eigenvalue weighted by atomic mass is 32.1. The Labute approximate surface area is 146 Å². The molecular weight excluding hydrogens is 344 g/mol. The zero-order valence-corrected chi connectivity index (χ0v) is 14.5. The van der Waals surface area contributed by atoms with E-state index in [2.05, 4.69) is 20.1 Å². The van der Waals surface area contributed by atoms with E-state index in [0.717, 1.165) is 11.3 Å². The number of methoxy groups -OCH3 is 1. The first kappa shape index (κ1) is 16.8. The lowest BCUT2D eigenvalue weighted by molar-refractivity contribution is 0.0605. The Bertz CT molecular complexity index is 1050. The van der Waals surface area contributed by atoms with E-state index in [4.69, 9.17) is 0 Å². The van der Waals surface area contributed by atoms with Gasteiger partial charge in [-0.25, -0.2) is 9.78 Å². The molecule has 0 atom stereocenters. The van der Waals surface area contributed by atoms with Gasteiger partial charge in [0.15, 0.2) is 10.8 Å². The first-order valence-electron chi connectivity index (χ1n) is 7.25. The van der Waals surface area contributed by atoms with Gasteiger partial charge in [0.1, 0.15) is 4.88 Å². The maximum Gasteiger partial charge on any atom is 0.350 e. The van der Waals surface area contributed by atoms with Crippen molar-refractivity contribution in [3.8, 4) is 0 Å². The van der Waals surface area contributed by atoms with Crippen LogP contribution in [0.2, 0.25) is 0 Å². The number of carbonyl (C=O) groups is 2. The van der Waals surface area contributed by atoms with Gasteiger partial charge in [0, 0.05) is 12.4 Å². The van der Waals surface area contributed by atoms with Crippen LogP contribution in [0.1, 0.15) is 25.9 Å². The summed E-state index contributed by atoms with van der Waals surface area (Å²) in [6.07, 6.45) is 0. The minimum atomic E-state index is -0.684. The molecular formula is C16H14N4O4S. The molecule has 0 aliphatic rings. The van der Waals surface area contributed by atoms with Gasteiger partial charge in [0.05, 0.1) is 18.3 Å². The summed E-state index contributed by atoms with van der Waals surface area (Å²) in [5.41, 5.74) is 0.356. The van der Waals surface area contributed by atoms with Crippen molar-refractivity contribution in [3.05, 3.63) is 50.8 Å². The number of aryl methyl sites for hydroxylation is 2. The fraction of sp³-hybridized carbons (Fsp3) is 0.188. The van der Waals surface area contributed by atoms with Crippen LogP contribution >= 0.6 is 11.3 Å². The third-order valence-corrected chi connectivity index (χ3v) is 4.62. The number of para-hydroxylation sites is 1. The number of aromatic nitrogens is 3. The number of benzene rings is 1. The van der Waals surface area contributed by atoms with Crippen LogP contribution in [0.4, 0.5) is 5.13 Å². The minimum Gasteiger partial charge on any atom is -0.465 e. The SMILES string of the molecule is COC(=O)c1sc(NC(=O)c2nn(C)c3ccccc3c2=O)nc1C. The number of carbonyl (C=O) groups excluding carboxylic acids is 2. The topological polar surface area (TPSA) is 103 Å². The van der Waals surface area contributed by atoms with Gasteiger partial charge < -0.3 is 4.74 Å². The van der Waals surface area contributed by atoms with Gasteiger partial charge in [-0.3, -0.25) is 19.6 Å². The molecule has 2 heterocycles. The first-order valence-corrected chi connectivity index (χ1v) is 8.07. The van der Waals surface area contributed by atoms with Crippen LogP contribution < -0.4 is 10.7 Å². The maximum absolute atomic E-state index is 12.5. The second kappa shape index (κ2) is 6.44. The zero-order chi connectivity index (χ0) is 18.1. The number of fused-ring (bicyclic) bond motifs is 1. The second-order valence-electron chi connectivity index (χ2n) is 5.20. The molecule has 0 aliphatic heterocycles. The Morgan fingerprint density at radius 1 is 1.28 bits per heavy atom. The van der Waals surface area contributed by atoms with Crippen LogP contribution in [-0.4, -0.2) is 33.8 Å². The van der Waals surface area contributed by atoms with Crippen LogP contribution in [-0.2, 0) is 11.8 Å². The number of nitrogens with zero attached hydrogens (tertiary/aromatic N) is 3. The summed E-state index contributed by atoms with van der Waals surface area (Å²) in [5.74, 6) is -1.22. The van der Waals surface area contributed by atoms with Gasteiger partial charge >= 0.3 is 5.97 Å². The highest BCUT2D eigenvalue weighted by molar-refractivity contribution is 7.17. The standard InChI is InChI=1S/C16H14N4O4S/c1-8-13(15(23)24-3)25-16(17-8)18-14(22)11-12(21)9-6-4-5-7-10(9)20(2)19-11/h4-7H,1-3H3,(H,17,18,22). The molecule has 2 aromatic heterocycles. The molecule has 0 fully saturated rings. The third kappa shape index (κ3) is 3.01. The van der Waals surface area contributed by atoms with Gasteiger partial charge in [-0.15, -0.1) is 0 Å². The number of hydrogen-bond acceptors (Lipinski definition) is 7. The Hall–Kier alpha value is -3.07. The van der Waals surface area contributed by atoms with E-state index < -0.39 is 17.3 Å². The van der Waals surface area contributed by atoms with E-state index in [1.165, 1.54) is 11.8 Å². The summed E-state index contributed by atoms with van der Waals surface area (Å²) in [7, 11) is 2.92. The number of nitrogens with one attached hydrogen (secondary N) is 1. The number of amides is 1. The van der Waals surface area contributed by atoms with Crippen LogP contribution in [0.15, 0.2) is 29.1 Å². The number of esters is 1. The minimum absolute atomic E-state index is 0.194. The lowest BCUT2D eigenvalue weighted by Gasteiger charge is -2.07. The normalized spacial score (nSPS) is 10.7. The molecule has 1 aromatic carbocycles. The van der Waals surface area contributed by atoms with Gasteiger partial charge in [-0.05, 0) is 19.1 Å². The molecule has 1 amide bonds. The summed E-state index contributed by atoms with van der Waals surface area (Å²) in [6, 6.07) is 6.89. The number of anilines is 1. The van der Waals surface area contributed by atoms with Crippen molar-refractivity contribution in [2.45, 2.75) is 6.92 Å². The third-order valence-electron chi connectivity index (χ3n) is 3.57. The predicted octanol–water partition coefficient (Wildman–Crippen LogP) is 1.74. The average Bonchev–Trinajstić information content (AvgIpc) is 2.97. The number of thiazole rings is 1. The van der Waals surface area contributed by atoms with Crippen molar-refractivity contribution in [2.24, 2.45) is 7.05 Å². The zero-order valence-electron chi connectivity index (χ0n) is 13.7. The van der Waals surface area contributed by atoms with Gasteiger partial charge in [-0.2, -0.15) is 5.10 Å². The summed E-state index contributed by atoms with van der Waals surface area (Å²) in [5, 5.41) is 7.16. The Morgan fingerprint density at radius 2 is 2.00 bits per heavy atom. The van der Waals surface area contributed by atoms with Crippen molar-refractivity contribution >= 4 is 39.2 Å². The molecule has 0 radical (unpaired) electrons. The van der Waals surface area contributed by atoms with Crippen LogP contribution in [0.5, 0.6) is 0 Å². The Kier molecular flexibility index (Phi) is 4.32. The molecule has 0 bridgehead atoms. The van der Waals surface area contributed by atoms with Gasteiger partial charge in [-0.1, -0.05) is 23.5 Å². The highest BCUT2D eigenvalue weighted by Gasteiger charge is 2.20. The van der Waals surface area contributed by atoms with Crippen molar-refractivity contribution in [1.82, 2.24) is 14.8 Å². The molecule has 0 saturated heterocycles. The molecule has 0 unspecified atom stereocenters. The van der Waals surface area contributed by atoms with Crippen molar-refractivity contribution in [1.29, 1.82) is 0 Å². The van der Waals surface area contributed by atoms with Crippen molar-refractivity contribution < 1.29 is 14.3 Å². The number of rotatable bonds is 3. The molecule has 0 aliphatic carbocycles. The molecule has 3 aromatic rings. The molecule has 9 heteroatoms. The number of ether oxygens (including phenoxy) is 1. The van der Waals surface area contributed by atoms with E-state index in [1.807, 2.05) is 0 Å². The van der Waals surface area contributed by atoms with Crippen molar-refractivity contribution in [3.63, 3.8) is 0 Å². The van der Waals surface area contributed by atoms with Gasteiger partial charge in [0.2, 0.25) is 5.43 Å². The van der Waals surface area contributed by atoms with Crippen LogP contribution in [0.25, 0.3) is 10.9 Å². The largest absolute Gasteiger partial charge is 0.465 e. The lowest BCUT2D eigenvalue weighted by Crippen LogP contribution is -2.26. The molecule has 3 rings (SSSR count). The molecule has 0 spiro atoms. The summed E-state index contributed by atoms with van der Waals surface area (Å²) >= 11 is 0.975. The van der Waals surface area contributed by atoms with Crippen LogP contribution in [0, 0.1) is 6.92 Å². The average molecular weight is 358 g/mol. The summed E-state index contributed by atoms with van der Waals surface area (Å²) in [4.78, 5) is 41.0. The molecule has 128 valence electrons. The highest BCUT2D eigenvalue weighted by Crippen LogP contribution is 2.23. The Morgan fingerprint density at radius 3 is 2.72 bits per heavy atom. The Balaban J connectivity index is 1.97. The fourth-order valence-electron chi connectivity index (χ4n) is 2.36. The maximum atomic E-state index is 12.5. The van der Waals surface area contributed by atoms with Crippen LogP contribution in [0.3, 0.4) is 0 Å². The second-order valence-corrected chi connectivity index (χ2v) is 6.20. The molecule has 8 nitrogen and oxygen atoms in total. The summed E-state index contributed by atoms with van der Waals surface area (Å²) < 4.78 is 6.13. The molecule has 1 N–H and O–H groups in total. The number of hydrogen-bond donors (Lipinski definition) is 1. The van der Waals surface area contributed by atoms with E-state index >= 15 is 0 Å². The molecule has 25 heavy (non-hydrogen) atoms. The monoisotopic (exact) mass is 358 g/mol. The van der Waals surface area contributed by atoms with Gasteiger partial charge in [0.25, 0.3) is 5.91 Å². The lowest BCUT2D eigenvalue weighted by atomic mass is 10.2. The van der Waals surface area contributed by atoms with E-state index in [1.54, 1.807) is 38.2 Å². The summed E-state index contributed by atoms with van der Waals surface area (Å²) in [6.45, 7) is 1.63. The predicted molar refractivity (Wildman–Crippen MR) is 93.1 cm³/mol. The smallest absolute Gasteiger partial charge is 0.350 e. The van der Waals surface area contributed by atoms with Crippen molar-refractivity contribution in [2.75, 3.05) is 12.4 Å². The molecule has 0 saturated carbocycles. The van der Waals surface area contributed by atoms with E-state index in [-0.39, 0.29) is 15.7 Å². The van der Waals surface area contributed by atoms with E-state index in [0.29, 0.717) is 16.6 Å². The first-order chi connectivity index (χ1) is 11.9.